The Balaban J connectivity index is 1.67. The Bertz CT molecular complexity index is 1030. The average Bonchev–Trinajstić information content (AvgIpc) is 2.77. The highest BCUT2D eigenvalue weighted by atomic mass is 19.4. The number of alkyl halides is 3. The van der Waals surface area contributed by atoms with Gasteiger partial charge in [-0.1, -0.05) is 6.07 Å². The maximum atomic E-state index is 12.9. The van der Waals surface area contributed by atoms with Crippen LogP contribution in [0.15, 0.2) is 42.5 Å². The Hall–Kier alpha value is -3.63. The van der Waals surface area contributed by atoms with Crippen LogP contribution in [0.2, 0.25) is 0 Å². The Morgan fingerprint density at radius 3 is 2.41 bits per heavy atom. The minimum atomic E-state index is -4.68. The third kappa shape index (κ3) is 5.16. The fourth-order valence-corrected chi connectivity index (χ4v) is 3.62. The first-order valence-corrected chi connectivity index (χ1v) is 9.83. The molecule has 2 N–H and O–H groups in total. The summed E-state index contributed by atoms with van der Waals surface area (Å²) in [7, 11) is 1.50. The number of hydrogen-bond acceptors (Lipinski definition) is 5. The number of carbonyl (C=O) groups excluding carboxylic acids is 2. The van der Waals surface area contributed by atoms with E-state index in [4.69, 9.17) is 0 Å². The normalized spacial score (nSPS) is 14.7. The molecule has 0 unspecified atom stereocenters. The number of nitrogens with one attached hydrogen (secondary N) is 2. The molecule has 32 heavy (non-hydrogen) atoms. The van der Waals surface area contributed by atoms with E-state index in [-0.39, 0.29) is 36.5 Å². The van der Waals surface area contributed by atoms with E-state index in [0.717, 1.165) is 12.1 Å². The molecule has 2 aromatic carbocycles. The lowest BCUT2D eigenvalue weighted by Gasteiger charge is -2.32. The van der Waals surface area contributed by atoms with E-state index in [9.17, 15) is 32.9 Å². The second-order valence-corrected chi connectivity index (χ2v) is 7.37. The second-order valence-electron chi connectivity index (χ2n) is 7.37. The van der Waals surface area contributed by atoms with Gasteiger partial charge in [0.2, 0.25) is 5.91 Å². The Kier molecular flexibility index (Phi) is 6.66. The summed E-state index contributed by atoms with van der Waals surface area (Å²) >= 11 is 0. The topological polar surface area (TPSA) is 105 Å². The molecule has 2 amide bonds. The number of benzene rings is 2. The molecule has 1 saturated heterocycles. The zero-order chi connectivity index (χ0) is 23.5. The van der Waals surface area contributed by atoms with Crippen molar-refractivity contribution in [1.29, 1.82) is 0 Å². The van der Waals surface area contributed by atoms with Crippen LogP contribution in [-0.2, 0) is 11.0 Å². The van der Waals surface area contributed by atoms with Gasteiger partial charge in [-0.15, -0.1) is 0 Å². The van der Waals surface area contributed by atoms with Crippen molar-refractivity contribution in [2.45, 2.75) is 19.0 Å². The van der Waals surface area contributed by atoms with E-state index in [0.29, 0.717) is 30.2 Å². The molecule has 0 radical (unpaired) electrons. The SMILES string of the molecule is CNC(=O)c1cccc(NC(=O)C2CCN(c3ccc(C(F)(F)F)cc3[N+](=O)[O-])CC2)c1. The van der Waals surface area contributed by atoms with Crippen LogP contribution in [-0.4, -0.2) is 36.9 Å². The van der Waals surface area contributed by atoms with Gasteiger partial charge in [0.1, 0.15) is 5.69 Å². The fourth-order valence-electron chi connectivity index (χ4n) is 3.62. The molecule has 0 bridgehead atoms. The Labute approximate surface area is 181 Å². The predicted octanol–water partition coefficient (Wildman–Crippen LogP) is 3.83. The van der Waals surface area contributed by atoms with Gasteiger partial charge in [-0.2, -0.15) is 13.2 Å². The molecule has 0 atom stereocenters. The lowest BCUT2D eigenvalue weighted by atomic mass is 9.95. The summed E-state index contributed by atoms with van der Waals surface area (Å²) in [6.45, 7) is 0.561. The van der Waals surface area contributed by atoms with Crippen molar-refractivity contribution >= 4 is 28.9 Å². The molecule has 170 valence electrons. The monoisotopic (exact) mass is 450 g/mol. The molecule has 2 aromatic rings. The van der Waals surface area contributed by atoms with Gasteiger partial charge < -0.3 is 15.5 Å². The average molecular weight is 450 g/mol. The van der Waals surface area contributed by atoms with E-state index < -0.39 is 22.4 Å². The summed E-state index contributed by atoms with van der Waals surface area (Å²) in [5.74, 6) is -0.906. The van der Waals surface area contributed by atoms with Gasteiger partial charge in [-0.05, 0) is 43.2 Å². The van der Waals surface area contributed by atoms with Gasteiger partial charge in [-0.25, -0.2) is 0 Å². The van der Waals surface area contributed by atoms with Crippen molar-refractivity contribution in [1.82, 2.24) is 5.32 Å². The van der Waals surface area contributed by atoms with Crippen molar-refractivity contribution in [2.24, 2.45) is 5.92 Å². The molecule has 1 fully saturated rings. The number of piperidine rings is 1. The van der Waals surface area contributed by atoms with Crippen LogP contribution in [0.1, 0.15) is 28.8 Å². The first-order chi connectivity index (χ1) is 15.1. The van der Waals surface area contributed by atoms with Crippen LogP contribution in [0.4, 0.5) is 30.2 Å². The second kappa shape index (κ2) is 9.25. The van der Waals surface area contributed by atoms with Crippen LogP contribution < -0.4 is 15.5 Å². The van der Waals surface area contributed by atoms with E-state index in [2.05, 4.69) is 10.6 Å². The lowest BCUT2D eigenvalue weighted by molar-refractivity contribution is -0.384. The van der Waals surface area contributed by atoms with Crippen LogP contribution in [0, 0.1) is 16.0 Å². The van der Waals surface area contributed by atoms with Crippen molar-refractivity contribution in [3.05, 3.63) is 63.7 Å². The van der Waals surface area contributed by atoms with Gasteiger partial charge in [0.05, 0.1) is 10.5 Å². The first-order valence-electron chi connectivity index (χ1n) is 9.83. The zero-order valence-corrected chi connectivity index (χ0v) is 17.1. The van der Waals surface area contributed by atoms with Crippen LogP contribution >= 0.6 is 0 Å². The lowest BCUT2D eigenvalue weighted by Crippen LogP contribution is -2.38. The molecule has 0 saturated carbocycles. The van der Waals surface area contributed by atoms with E-state index >= 15 is 0 Å². The van der Waals surface area contributed by atoms with Crippen molar-refractivity contribution in [2.75, 3.05) is 30.4 Å². The summed E-state index contributed by atoms with van der Waals surface area (Å²) in [5, 5.41) is 16.6. The molecular weight excluding hydrogens is 429 g/mol. The maximum absolute atomic E-state index is 12.9. The van der Waals surface area contributed by atoms with Crippen LogP contribution in [0.3, 0.4) is 0 Å². The highest BCUT2D eigenvalue weighted by Crippen LogP contribution is 2.37. The summed E-state index contributed by atoms with van der Waals surface area (Å²) in [6, 6.07) is 8.93. The minimum Gasteiger partial charge on any atom is -0.366 e. The van der Waals surface area contributed by atoms with Gasteiger partial charge >= 0.3 is 6.18 Å². The summed E-state index contributed by atoms with van der Waals surface area (Å²) in [6.07, 6.45) is -3.93. The minimum absolute atomic E-state index is 0.0973. The maximum Gasteiger partial charge on any atom is 0.416 e. The number of anilines is 2. The summed E-state index contributed by atoms with van der Waals surface area (Å²) in [4.78, 5) is 36.5. The molecule has 3 rings (SSSR count). The van der Waals surface area contributed by atoms with E-state index in [1.54, 1.807) is 29.2 Å². The molecule has 0 spiro atoms. The van der Waals surface area contributed by atoms with Crippen LogP contribution in [0.5, 0.6) is 0 Å². The smallest absolute Gasteiger partial charge is 0.366 e. The first kappa shape index (κ1) is 23.0. The number of halogens is 3. The molecule has 0 aliphatic carbocycles. The Morgan fingerprint density at radius 1 is 1.12 bits per heavy atom. The molecule has 0 aromatic heterocycles. The number of hydrogen-bond donors (Lipinski definition) is 2. The summed E-state index contributed by atoms with van der Waals surface area (Å²) < 4.78 is 38.7. The molecule has 1 aliphatic heterocycles. The van der Waals surface area contributed by atoms with Gasteiger partial charge in [-0.3, -0.25) is 19.7 Å². The molecule has 8 nitrogen and oxygen atoms in total. The zero-order valence-electron chi connectivity index (χ0n) is 17.1. The highest BCUT2D eigenvalue weighted by molar-refractivity contribution is 5.97. The van der Waals surface area contributed by atoms with E-state index in [1.807, 2.05) is 0 Å². The van der Waals surface area contributed by atoms with E-state index in [1.165, 1.54) is 7.05 Å². The van der Waals surface area contributed by atoms with Crippen LogP contribution in [0.25, 0.3) is 0 Å². The predicted molar refractivity (Wildman–Crippen MR) is 111 cm³/mol. The summed E-state index contributed by atoms with van der Waals surface area (Å²) in [5.41, 5.74) is -0.735. The largest absolute Gasteiger partial charge is 0.416 e. The van der Waals surface area contributed by atoms with Crippen molar-refractivity contribution < 1.29 is 27.7 Å². The Morgan fingerprint density at radius 2 is 1.81 bits per heavy atom. The number of nitrogens with zero attached hydrogens (tertiary/aromatic N) is 2. The standard InChI is InChI=1S/C21H21F3N4O4/c1-25-19(29)14-3-2-4-16(11-14)26-20(30)13-7-9-27(10-8-13)17-6-5-15(21(22,23)24)12-18(17)28(31)32/h2-6,11-13H,7-10H2,1H3,(H,25,29)(H,26,30). The van der Waals surface area contributed by atoms with Crippen molar-refractivity contribution in [3.63, 3.8) is 0 Å². The quantitative estimate of drug-likeness (QED) is 0.532. The number of nitro benzene ring substituents is 1. The number of nitro groups is 1. The third-order valence-corrected chi connectivity index (χ3v) is 5.33. The molecular formula is C21H21F3N4O4. The number of rotatable bonds is 5. The third-order valence-electron chi connectivity index (χ3n) is 5.33. The molecule has 1 aliphatic rings. The molecule has 1 heterocycles. The number of carbonyl (C=O) groups is 2. The fraction of sp³-hybridized carbons (Fsp3) is 0.333. The van der Waals surface area contributed by atoms with Gasteiger partial charge in [0, 0.05) is 43.4 Å². The van der Waals surface area contributed by atoms with Crippen molar-refractivity contribution in [3.8, 4) is 0 Å². The van der Waals surface area contributed by atoms with Gasteiger partial charge in [0.25, 0.3) is 11.6 Å². The highest BCUT2D eigenvalue weighted by Gasteiger charge is 2.35. The number of amides is 2. The molecule has 11 heteroatoms. The van der Waals surface area contributed by atoms with Gasteiger partial charge in [0.15, 0.2) is 0 Å².